The van der Waals surface area contributed by atoms with Gasteiger partial charge in [-0.3, -0.25) is 0 Å². The van der Waals surface area contributed by atoms with Crippen LogP contribution >= 0.6 is 0 Å². The summed E-state index contributed by atoms with van der Waals surface area (Å²) in [6.45, 7) is 31.6. The molecule has 0 fully saturated rings. The molecule has 0 spiro atoms. The van der Waals surface area contributed by atoms with Gasteiger partial charge in [0.05, 0.1) is 13.1 Å². The summed E-state index contributed by atoms with van der Waals surface area (Å²) in [6.07, 6.45) is 7.86. The van der Waals surface area contributed by atoms with Crippen LogP contribution in [0.3, 0.4) is 0 Å². The third-order valence-corrected chi connectivity index (χ3v) is 22.7. The highest BCUT2D eigenvalue weighted by molar-refractivity contribution is 5.98. The first-order chi connectivity index (χ1) is 64.4. The molecule has 738 valence electrons. The van der Waals surface area contributed by atoms with Crippen molar-refractivity contribution >= 4 is 138 Å². The highest BCUT2D eigenvalue weighted by atomic mass is 16.3. The van der Waals surface area contributed by atoms with E-state index in [9.17, 15) is 81.7 Å². The molecule has 37 nitrogen and oxygen atoms in total. The molecule has 23 N–H and O–H groups in total. The Hall–Kier alpha value is -13.5. The van der Waals surface area contributed by atoms with E-state index < -0.39 is 191 Å². The quantitative estimate of drug-likeness (QED) is 0.0124. The largest absolute Gasteiger partial charge is 0.499 e. The normalized spacial score (nSPS) is 17.7. The van der Waals surface area contributed by atoms with Crippen molar-refractivity contribution in [3.05, 3.63) is 144 Å². The van der Waals surface area contributed by atoms with Crippen molar-refractivity contribution in [3.8, 4) is 0 Å². The number of aromatic amines is 4. The van der Waals surface area contributed by atoms with Crippen LogP contribution < -0.4 is 5.73 Å². The van der Waals surface area contributed by atoms with Crippen LogP contribution in [-0.4, -0.2) is 301 Å². The molecule has 8 rings (SSSR count). The summed E-state index contributed by atoms with van der Waals surface area (Å²) in [4.78, 5) is 84.6. The molecule has 0 amide bonds. The van der Waals surface area contributed by atoms with E-state index in [-0.39, 0.29) is 93.4 Å². The van der Waals surface area contributed by atoms with E-state index in [1.165, 1.54) is 13.8 Å². The van der Waals surface area contributed by atoms with Crippen molar-refractivity contribution in [2.24, 2.45) is 127 Å². The average molecular weight is 1880 g/mol. The number of aliphatic hydroxyl groups excluding tert-OH is 16. The summed E-state index contributed by atoms with van der Waals surface area (Å²) >= 11 is 0. The van der Waals surface area contributed by atoms with Crippen LogP contribution in [0.4, 0.5) is 0 Å². The first-order valence-corrected chi connectivity index (χ1v) is 46.5. The molecule has 0 aliphatic heterocycles. The van der Waals surface area contributed by atoms with Crippen molar-refractivity contribution < 1.29 is 87.4 Å². The number of para-hydroxylation sites is 4. The lowest BCUT2D eigenvalue weighted by molar-refractivity contribution is -0.363. The molecule has 0 aliphatic rings. The molecule has 0 unspecified atom stereocenters. The Balaban J connectivity index is 1.16. The zero-order valence-electron chi connectivity index (χ0n) is 81.1. The standard InChI is InChI=1S/C99H141N21O16/c1-51(2)37-73(110-86(123)59(17)108-81(122)49-106-96(133)82(55(9)10)107-50-121)89(126)109-60(18)87(124)118-84(57(13)14)98(135)120-85(58(15)16)99(136)119-83(56(11)12)97(134)117-80(44-64-48-105-72-34-26-22-30-68(64)72)95(132)113-76(40-54(7)8)92(129)116-79(43-63-47-104-71-33-25-21-29-67(63)71)94(131)112-75(39-53(5)6)91(128)115-78(42-62-46-103-70-32-24-20-28-66(62)70)93(130)111-74(38-52(3)4)90(127)114-77(88(125)101-36-35-100)41-61-45-102-69-31-23-19-27-65(61)69/h19-34,45-48,50-60,73-80,82-85,102-105H,35-44,49,100H2,1-18H3,(H,101,125)(H,106,133)(H,107,121)(H,108,122)(H,109,126)(H,110,123)(H,111,130)(H,112,131)(H,113,132)(H,114,127)(H,115,128)(H,116,129)(H,117,134)(H,118,124)(H,119,136)(H,120,135)/p+1/t59-,60-,73+,74+,75+,76+,77-,78-,79-,80-,82-,83+,84+,85-/m0/s1. The van der Waals surface area contributed by atoms with Gasteiger partial charge < -0.3 is 107 Å². The van der Waals surface area contributed by atoms with Crippen LogP contribution in [0.2, 0.25) is 0 Å². The second kappa shape index (κ2) is 51.3. The fourth-order valence-corrected chi connectivity index (χ4v) is 15.5. The zero-order chi connectivity index (χ0) is 100. The molecule has 136 heavy (non-hydrogen) atoms. The van der Waals surface area contributed by atoms with Gasteiger partial charge >= 0.3 is 0 Å². The van der Waals surface area contributed by atoms with Gasteiger partial charge in [-0.25, -0.2) is 79.9 Å². The van der Waals surface area contributed by atoms with Gasteiger partial charge in [0.25, 0.3) is 0 Å². The lowest BCUT2D eigenvalue weighted by atomic mass is 10.0. The maximum absolute atomic E-state index is 12.8. The monoisotopic (exact) mass is 1880 g/mol. The van der Waals surface area contributed by atoms with Gasteiger partial charge in [0.15, 0.2) is 6.40 Å². The van der Waals surface area contributed by atoms with E-state index in [1.807, 2.05) is 159 Å². The van der Waals surface area contributed by atoms with Gasteiger partial charge in [0.1, 0.15) is 91.1 Å². The summed E-state index contributed by atoms with van der Waals surface area (Å²) in [5.41, 5.74) is 9.77. The first kappa shape index (κ1) is 108. The molecule has 0 saturated carbocycles. The number of hydrogen-bond acceptors (Lipinski definition) is 16. The van der Waals surface area contributed by atoms with Crippen molar-refractivity contribution in [1.82, 2.24) is 19.9 Å². The van der Waals surface area contributed by atoms with Gasteiger partial charge in [0, 0.05) is 94.1 Å². The Kier molecular flexibility index (Phi) is 40.7. The number of benzene rings is 4. The summed E-state index contributed by atoms with van der Waals surface area (Å²) in [7, 11) is 0. The Morgan fingerprint density at radius 1 is 0.279 bits per heavy atom. The summed E-state index contributed by atoms with van der Waals surface area (Å²) < 4.78 is 0. The number of aromatic nitrogens is 4. The molecule has 37 heteroatoms. The summed E-state index contributed by atoms with van der Waals surface area (Å²) in [5, 5.41) is 191. The smallest absolute Gasteiger partial charge is 0.207 e. The van der Waals surface area contributed by atoms with Crippen molar-refractivity contribution in [2.45, 2.75) is 261 Å². The number of H-pyrrole nitrogens is 4. The SMILES string of the molecule is CC(C)C[C@@H](N=C(O)[C@H](C)N=C(O)CN=C(O)[C@@H](N=CO)C(C)C)C(O)=N[C@@H](C)C(O)=N[C@@H](C(O)=N[C@H](C(O)=N[C@@H](C(O)=N[C@@H](Cc1c[nH]c2ccccc12)C(O)=N[C@H](CC(C)C)C(O)=N[C@@H](Cc1c[nH]c2ccccc12)C(O)=N[C@H](CC(C)C)C(O)=N[C@@H](Cc1c[nH]c2ccccc12)C(O)=N[C@H](CC(C)C)C(O)=N[C@@H](Cc1c[nH]c2ccccc12)C(O)=NCC[NH3+])C(C)C)C(C)C)C(C)C. The van der Waals surface area contributed by atoms with E-state index in [4.69, 9.17) is 30.0 Å². The van der Waals surface area contributed by atoms with E-state index in [1.54, 1.807) is 74.0 Å². The van der Waals surface area contributed by atoms with E-state index in [0.717, 1.165) is 49.2 Å². The van der Waals surface area contributed by atoms with Gasteiger partial charge in [-0.05, 0) is 133 Å². The number of aliphatic hydroxyl groups is 16. The fourth-order valence-electron chi connectivity index (χ4n) is 15.5. The van der Waals surface area contributed by atoms with Crippen LogP contribution in [0.25, 0.3) is 43.6 Å². The maximum Gasteiger partial charge on any atom is 0.207 e. The van der Waals surface area contributed by atoms with Gasteiger partial charge in [-0.2, -0.15) is 0 Å². The molecule has 4 aromatic carbocycles. The fraction of sp³-hybridized carbons (Fsp3) is 0.515. The number of nitrogens with one attached hydrogen (secondary N) is 4. The molecule has 0 radical (unpaired) electrons. The first-order valence-electron chi connectivity index (χ1n) is 46.5. The Labute approximate surface area is 793 Å². The van der Waals surface area contributed by atoms with Crippen LogP contribution in [0.15, 0.2) is 202 Å². The molecule has 0 bridgehead atoms. The topological polar surface area (TPSA) is 612 Å². The van der Waals surface area contributed by atoms with Crippen molar-refractivity contribution in [3.63, 3.8) is 0 Å². The number of rotatable bonds is 52. The number of fused-ring (bicyclic) bond motifs is 4. The summed E-state index contributed by atoms with van der Waals surface area (Å²) in [6, 6.07) is 12.3. The molecular formula is C99H142N21O16+. The molecular weight excluding hydrogens is 1740 g/mol. The molecule has 14 atom stereocenters. The van der Waals surface area contributed by atoms with E-state index >= 15 is 0 Å². The lowest BCUT2D eigenvalue weighted by Gasteiger charge is -2.23. The molecule has 4 heterocycles. The number of nitrogens with zero attached hydrogens (tertiary/aromatic N) is 16. The predicted octanol–water partition coefficient (Wildman–Crippen LogP) is 17.1. The van der Waals surface area contributed by atoms with E-state index in [2.05, 4.69) is 75.6 Å². The molecule has 4 aromatic heterocycles. The predicted molar refractivity (Wildman–Crippen MR) is 549 cm³/mol. The number of quaternary nitrogens is 1. The summed E-state index contributed by atoms with van der Waals surface area (Å²) in [5.74, 6) is -11.7. The molecule has 0 aliphatic carbocycles. The second-order valence-corrected chi connectivity index (χ2v) is 37.4. The maximum atomic E-state index is 12.8. The minimum Gasteiger partial charge on any atom is -0.499 e. The van der Waals surface area contributed by atoms with Gasteiger partial charge in [-0.15, -0.1) is 0 Å². The van der Waals surface area contributed by atoms with Crippen molar-refractivity contribution in [1.29, 1.82) is 0 Å². The highest BCUT2D eigenvalue weighted by Gasteiger charge is 2.35. The van der Waals surface area contributed by atoms with Crippen LogP contribution in [0, 0.1) is 47.3 Å². The Morgan fingerprint density at radius 3 is 0.831 bits per heavy atom. The molecule has 8 aromatic rings. The Morgan fingerprint density at radius 2 is 0.529 bits per heavy atom. The third-order valence-electron chi connectivity index (χ3n) is 22.7. The lowest BCUT2D eigenvalue weighted by Crippen LogP contribution is -2.51. The zero-order valence-corrected chi connectivity index (χ0v) is 81.1. The Bertz CT molecular complexity index is 5760. The third kappa shape index (κ3) is 31.3. The van der Waals surface area contributed by atoms with Crippen LogP contribution in [0.1, 0.15) is 173 Å². The number of hydrogen-bond donors (Lipinski definition) is 21. The van der Waals surface area contributed by atoms with Gasteiger partial charge in [-0.1, -0.05) is 184 Å². The van der Waals surface area contributed by atoms with Crippen LogP contribution in [-0.2, 0) is 25.7 Å². The average Bonchev–Trinajstić information content (AvgIpc) is 1.69. The van der Waals surface area contributed by atoms with Crippen LogP contribution in [0.5, 0.6) is 0 Å². The minimum absolute atomic E-state index is 0.0407. The number of aliphatic imine (C=N–C) groups is 16. The minimum atomic E-state index is -1.44. The van der Waals surface area contributed by atoms with Gasteiger partial charge in [0.2, 0.25) is 88.5 Å². The second-order valence-electron chi connectivity index (χ2n) is 37.4. The van der Waals surface area contributed by atoms with E-state index in [0.29, 0.717) is 29.6 Å². The van der Waals surface area contributed by atoms with Crippen molar-refractivity contribution in [2.75, 3.05) is 19.6 Å². The molecule has 0 saturated heterocycles. The highest BCUT2D eigenvalue weighted by Crippen LogP contribution is 2.30.